The van der Waals surface area contributed by atoms with Gasteiger partial charge in [-0.25, -0.2) is 18.6 Å². The highest BCUT2D eigenvalue weighted by Gasteiger charge is 2.27. The summed E-state index contributed by atoms with van der Waals surface area (Å²) in [6, 6.07) is 19.2. The average Bonchev–Trinajstić information content (AvgIpc) is 2.86. The number of ether oxygens (including phenoxy) is 2. The van der Waals surface area contributed by atoms with Gasteiger partial charge in [-0.1, -0.05) is 47.5 Å². The zero-order valence-electron chi connectivity index (χ0n) is 19.5. The van der Waals surface area contributed by atoms with Gasteiger partial charge in [0.25, 0.3) is 15.9 Å². The van der Waals surface area contributed by atoms with Gasteiger partial charge in [-0.05, 0) is 55.0 Å². The summed E-state index contributed by atoms with van der Waals surface area (Å²) in [7, 11) is -2.81. The fraction of sp³-hybridized carbons (Fsp3) is 0.160. The number of anilines is 1. The molecule has 188 valence electrons. The largest absolute Gasteiger partial charge is 0.482 e. The number of nitrogens with one attached hydrogen (secondary N) is 1. The number of halogens is 1. The second kappa shape index (κ2) is 12.2. The topological polar surface area (TPSA) is 114 Å². The second-order valence-electron chi connectivity index (χ2n) is 7.54. The fourth-order valence-corrected chi connectivity index (χ4v) is 4.61. The molecule has 9 nitrogen and oxygen atoms in total. The van der Waals surface area contributed by atoms with Crippen molar-refractivity contribution >= 4 is 45.4 Å². The lowest BCUT2D eigenvalue weighted by atomic mass is 10.2. The molecule has 0 aliphatic heterocycles. The highest BCUT2D eigenvalue weighted by atomic mass is 35.5. The Kier molecular flexibility index (Phi) is 9.04. The Hall–Kier alpha value is -3.89. The number of hydrogen-bond donors (Lipinski definition) is 1. The number of carbonyl (C=O) groups is 2. The molecule has 1 N–H and O–H groups in total. The van der Waals surface area contributed by atoms with Crippen LogP contribution in [-0.2, 0) is 24.3 Å². The Morgan fingerprint density at radius 2 is 1.78 bits per heavy atom. The van der Waals surface area contributed by atoms with Crippen molar-refractivity contribution in [1.29, 1.82) is 0 Å². The van der Waals surface area contributed by atoms with Crippen LogP contribution in [0.3, 0.4) is 0 Å². The summed E-state index contributed by atoms with van der Waals surface area (Å²) in [4.78, 5) is 23.9. The van der Waals surface area contributed by atoms with Crippen LogP contribution in [0.1, 0.15) is 11.1 Å². The smallest absolute Gasteiger partial charge is 0.343 e. The molecule has 3 aromatic rings. The Labute approximate surface area is 214 Å². The molecule has 0 heterocycles. The number of aryl methyl sites for hydroxylation is 1. The first kappa shape index (κ1) is 26.7. The van der Waals surface area contributed by atoms with E-state index in [1.165, 1.54) is 31.5 Å². The Balaban J connectivity index is 1.75. The summed E-state index contributed by atoms with van der Waals surface area (Å²) >= 11 is 6.07. The molecule has 3 rings (SSSR count). The van der Waals surface area contributed by atoms with Crippen molar-refractivity contribution < 1.29 is 27.5 Å². The van der Waals surface area contributed by atoms with Crippen LogP contribution in [0, 0.1) is 6.92 Å². The van der Waals surface area contributed by atoms with Crippen molar-refractivity contribution in [2.24, 2.45) is 5.10 Å². The van der Waals surface area contributed by atoms with Crippen molar-refractivity contribution in [1.82, 2.24) is 5.43 Å². The van der Waals surface area contributed by atoms with Gasteiger partial charge in [0.1, 0.15) is 12.3 Å². The SMILES string of the molecule is COC(=O)COc1cccc(/C=N/NC(=O)CN(c2cccc(Cl)c2)S(=O)(=O)c2ccc(C)cc2)c1. The van der Waals surface area contributed by atoms with Gasteiger partial charge in [-0.15, -0.1) is 0 Å². The molecular formula is C25H24ClN3O6S. The van der Waals surface area contributed by atoms with Crippen molar-refractivity contribution in [2.45, 2.75) is 11.8 Å². The number of hydrazone groups is 1. The Bertz CT molecular complexity index is 1360. The van der Waals surface area contributed by atoms with Gasteiger partial charge >= 0.3 is 5.97 Å². The quantitative estimate of drug-likeness (QED) is 0.244. The molecule has 0 spiro atoms. The molecule has 0 unspecified atom stereocenters. The van der Waals surface area contributed by atoms with Crippen molar-refractivity contribution in [3.05, 3.63) is 88.9 Å². The van der Waals surface area contributed by atoms with Crippen molar-refractivity contribution in [3.8, 4) is 5.75 Å². The van der Waals surface area contributed by atoms with Gasteiger partial charge in [0, 0.05) is 5.02 Å². The van der Waals surface area contributed by atoms with Crippen LogP contribution in [-0.4, -0.2) is 46.8 Å². The monoisotopic (exact) mass is 529 g/mol. The molecule has 0 atom stereocenters. The van der Waals surface area contributed by atoms with E-state index in [2.05, 4.69) is 15.3 Å². The summed E-state index contributed by atoms with van der Waals surface area (Å²) < 4.78 is 37.6. The number of esters is 1. The van der Waals surface area contributed by atoms with E-state index in [-0.39, 0.29) is 17.2 Å². The van der Waals surface area contributed by atoms with Crippen molar-refractivity contribution in [2.75, 3.05) is 24.6 Å². The highest BCUT2D eigenvalue weighted by Crippen LogP contribution is 2.26. The summed E-state index contributed by atoms with van der Waals surface area (Å²) in [6.45, 7) is 1.07. The maximum atomic E-state index is 13.4. The number of methoxy groups -OCH3 is 1. The second-order valence-corrected chi connectivity index (χ2v) is 9.83. The number of nitrogens with zero attached hydrogens (tertiary/aromatic N) is 2. The predicted octanol–water partition coefficient (Wildman–Crippen LogP) is 3.55. The van der Waals surface area contributed by atoms with Gasteiger partial charge in [0.15, 0.2) is 6.61 Å². The first-order chi connectivity index (χ1) is 17.2. The van der Waals surface area contributed by atoms with Gasteiger partial charge in [0.05, 0.1) is 23.9 Å². The van der Waals surface area contributed by atoms with E-state index in [0.717, 1.165) is 9.87 Å². The molecule has 0 aliphatic rings. The molecule has 36 heavy (non-hydrogen) atoms. The first-order valence-corrected chi connectivity index (χ1v) is 12.5. The lowest BCUT2D eigenvalue weighted by Gasteiger charge is -2.24. The normalized spacial score (nSPS) is 11.2. The molecule has 0 saturated heterocycles. The van der Waals surface area contributed by atoms with Crippen LogP contribution in [0.15, 0.2) is 82.8 Å². The van der Waals surface area contributed by atoms with Crippen LogP contribution in [0.5, 0.6) is 5.75 Å². The van der Waals surface area contributed by atoms with E-state index in [1.54, 1.807) is 54.6 Å². The number of rotatable bonds is 10. The third-order valence-corrected chi connectivity index (χ3v) is 6.86. The Morgan fingerprint density at radius 3 is 2.47 bits per heavy atom. The third kappa shape index (κ3) is 7.30. The minimum Gasteiger partial charge on any atom is -0.482 e. The zero-order chi connectivity index (χ0) is 26.1. The standard InChI is InChI=1S/C25H24ClN3O6S/c1-18-9-11-23(12-10-18)36(32,33)29(21-7-4-6-20(26)14-21)16-24(30)28-27-15-19-5-3-8-22(13-19)35-17-25(31)34-2/h3-15H,16-17H2,1-2H3,(H,28,30)/b27-15+. The average molecular weight is 530 g/mol. The van der Waals surface area contributed by atoms with Gasteiger partial charge in [-0.2, -0.15) is 5.10 Å². The van der Waals surface area contributed by atoms with Gasteiger partial charge < -0.3 is 9.47 Å². The fourth-order valence-electron chi connectivity index (χ4n) is 3.01. The van der Waals surface area contributed by atoms with Crippen molar-refractivity contribution in [3.63, 3.8) is 0 Å². The lowest BCUT2D eigenvalue weighted by Crippen LogP contribution is -2.39. The van der Waals surface area contributed by atoms with E-state index in [0.29, 0.717) is 16.3 Å². The molecule has 11 heteroatoms. The zero-order valence-corrected chi connectivity index (χ0v) is 21.1. The molecule has 0 fully saturated rings. The molecule has 0 bridgehead atoms. The minimum absolute atomic E-state index is 0.0353. The summed E-state index contributed by atoms with van der Waals surface area (Å²) in [5.41, 5.74) is 4.05. The maximum Gasteiger partial charge on any atom is 0.343 e. The van der Waals surface area contributed by atoms with Crippen LogP contribution in [0.2, 0.25) is 5.02 Å². The summed E-state index contributed by atoms with van der Waals surface area (Å²) in [5, 5.41) is 4.23. The summed E-state index contributed by atoms with van der Waals surface area (Å²) in [6.07, 6.45) is 1.36. The van der Waals surface area contributed by atoms with Crippen LogP contribution < -0.4 is 14.5 Å². The highest BCUT2D eigenvalue weighted by molar-refractivity contribution is 7.92. The molecule has 0 aromatic heterocycles. The van der Waals surface area contributed by atoms with E-state index >= 15 is 0 Å². The third-order valence-electron chi connectivity index (χ3n) is 4.84. The molecule has 1 amide bonds. The van der Waals surface area contributed by atoms with E-state index in [1.807, 2.05) is 6.92 Å². The number of hydrogen-bond acceptors (Lipinski definition) is 7. The van der Waals surface area contributed by atoms with Gasteiger partial charge in [0.2, 0.25) is 0 Å². The Morgan fingerprint density at radius 1 is 1.06 bits per heavy atom. The number of sulfonamides is 1. The minimum atomic E-state index is -4.07. The molecule has 0 radical (unpaired) electrons. The molecule has 3 aromatic carbocycles. The number of carbonyl (C=O) groups excluding carboxylic acids is 2. The number of benzene rings is 3. The van der Waals surface area contributed by atoms with Gasteiger partial charge in [-0.3, -0.25) is 9.10 Å². The molecule has 0 saturated carbocycles. The van der Waals surface area contributed by atoms with E-state index < -0.39 is 28.4 Å². The molecular weight excluding hydrogens is 506 g/mol. The maximum absolute atomic E-state index is 13.4. The number of amides is 1. The summed E-state index contributed by atoms with van der Waals surface area (Å²) in [5.74, 6) is -0.779. The first-order valence-electron chi connectivity index (χ1n) is 10.7. The van der Waals surface area contributed by atoms with E-state index in [4.69, 9.17) is 16.3 Å². The van der Waals surface area contributed by atoms with Crippen LogP contribution in [0.4, 0.5) is 5.69 Å². The predicted molar refractivity (Wildman–Crippen MR) is 137 cm³/mol. The van der Waals surface area contributed by atoms with E-state index in [9.17, 15) is 18.0 Å². The lowest BCUT2D eigenvalue weighted by molar-refractivity contribution is -0.142. The van der Waals surface area contributed by atoms with Crippen LogP contribution in [0.25, 0.3) is 0 Å². The molecule has 0 aliphatic carbocycles. The van der Waals surface area contributed by atoms with Crippen LogP contribution >= 0.6 is 11.6 Å².